The number of carbonyl (C=O) groups is 7. The Morgan fingerprint density at radius 2 is 0.811 bits per heavy atom. The standard InChI is InChI=1S/C23H40N6O8/c1-11(24-18(35)21(5,6)27-14(4)30)15(31)28-22(7,8)19(36)25-12(2)16(32)29-23(9,10)20(37)26-13(3)17(33)34/h11-13H,1-10H3,(H,24,35)(H,25,36)(H,26,37)(H,27,30)(H,28,31)(H,29,32)(H,33,34)/t11-,12-,13-/m0/s1. The molecule has 0 bridgehead atoms. The van der Waals surface area contributed by atoms with Crippen LogP contribution in [0, 0.1) is 0 Å². The van der Waals surface area contributed by atoms with Crippen LogP contribution in [0.25, 0.3) is 0 Å². The highest BCUT2D eigenvalue weighted by Crippen LogP contribution is 2.08. The van der Waals surface area contributed by atoms with Gasteiger partial charge in [-0.15, -0.1) is 0 Å². The first kappa shape index (κ1) is 33.3. The molecule has 7 N–H and O–H groups in total. The number of amides is 6. The van der Waals surface area contributed by atoms with E-state index in [0.29, 0.717) is 0 Å². The molecule has 0 spiro atoms. The summed E-state index contributed by atoms with van der Waals surface area (Å²) in [6.45, 7) is 13.8. The van der Waals surface area contributed by atoms with Gasteiger partial charge in [-0.1, -0.05) is 0 Å². The minimum Gasteiger partial charge on any atom is -0.480 e. The van der Waals surface area contributed by atoms with Crippen LogP contribution in [-0.4, -0.2) is 81.3 Å². The number of hydrogen-bond acceptors (Lipinski definition) is 7. The molecule has 0 saturated heterocycles. The van der Waals surface area contributed by atoms with Gasteiger partial charge in [0.15, 0.2) is 0 Å². The first-order chi connectivity index (χ1) is 16.5. The molecule has 210 valence electrons. The van der Waals surface area contributed by atoms with Crippen LogP contribution in [0.2, 0.25) is 0 Å². The van der Waals surface area contributed by atoms with E-state index in [1.807, 2.05) is 0 Å². The van der Waals surface area contributed by atoms with Crippen molar-refractivity contribution >= 4 is 41.4 Å². The van der Waals surface area contributed by atoms with Crippen molar-refractivity contribution in [2.24, 2.45) is 0 Å². The Bertz CT molecular complexity index is 944. The first-order valence-electron chi connectivity index (χ1n) is 11.6. The molecule has 3 atom stereocenters. The third-order valence-electron chi connectivity index (χ3n) is 5.26. The summed E-state index contributed by atoms with van der Waals surface area (Å²) in [5, 5.41) is 23.5. The Balaban J connectivity index is 5.10. The lowest BCUT2D eigenvalue weighted by Gasteiger charge is -2.31. The van der Waals surface area contributed by atoms with Gasteiger partial charge in [0.1, 0.15) is 34.7 Å². The topological polar surface area (TPSA) is 212 Å². The lowest BCUT2D eigenvalue weighted by Crippen LogP contribution is -2.64. The predicted molar refractivity (Wildman–Crippen MR) is 133 cm³/mol. The highest BCUT2D eigenvalue weighted by Gasteiger charge is 2.37. The number of carbonyl (C=O) groups excluding carboxylic acids is 6. The van der Waals surface area contributed by atoms with Gasteiger partial charge in [0, 0.05) is 6.92 Å². The molecule has 0 unspecified atom stereocenters. The summed E-state index contributed by atoms with van der Waals surface area (Å²) < 4.78 is 0. The second-order valence-corrected chi connectivity index (χ2v) is 10.5. The molecular weight excluding hydrogens is 488 g/mol. The molecule has 0 radical (unpaired) electrons. The third-order valence-corrected chi connectivity index (χ3v) is 5.26. The average Bonchev–Trinajstić information content (AvgIpc) is 2.71. The molecule has 14 heteroatoms. The van der Waals surface area contributed by atoms with E-state index in [9.17, 15) is 33.6 Å². The Hall–Kier alpha value is -3.71. The van der Waals surface area contributed by atoms with E-state index in [1.165, 1.54) is 69.2 Å². The second kappa shape index (κ2) is 12.5. The van der Waals surface area contributed by atoms with Gasteiger partial charge in [-0.25, -0.2) is 0 Å². The minimum atomic E-state index is -1.50. The SMILES string of the molecule is CC(=O)NC(C)(C)C(=O)N[C@@H](C)C(=O)NC(C)(C)C(=O)N[C@@H](C)C(=O)NC(C)(C)C(=O)N[C@@H](C)C(=O)O. The van der Waals surface area contributed by atoms with Crippen LogP contribution in [0.5, 0.6) is 0 Å². The maximum atomic E-state index is 12.8. The Kier molecular flexibility index (Phi) is 11.2. The zero-order chi connectivity index (χ0) is 29.5. The van der Waals surface area contributed by atoms with Gasteiger partial charge >= 0.3 is 5.97 Å². The number of hydrogen-bond donors (Lipinski definition) is 7. The summed E-state index contributed by atoms with van der Waals surface area (Å²) in [5.74, 6) is -5.14. The number of nitrogens with one attached hydrogen (secondary N) is 6. The smallest absolute Gasteiger partial charge is 0.325 e. The van der Waals surface area contributed by atoms with E-state index < -0.39 is 76.2 Å². The van der Waals surface area contributed by atoms with Crippen LogP contribution in [-0.2, 0) is 33.6 Å². The van der Waals surface area contributed by atoms with Crippen molar-refractivity contribution in [1.29, 1.82) is 0 Å². The van der Waals surface area contributed by atoms with Crippen molar-refractivity contribution in [2.45, 2.75) is 104 Å². The number of rotatable bonds is 12. The van der Waals surface area contributed by atoms with Gasteiger partial charge in [-0.05, 0) is 62.3 Å². The fraction of sp³-hybridized carbons (Fsp3) is 0.696. The van der Waals surface area contributed by atoms with Crippen molar-refractivity contribution in [1.82, 2.24) is 31.9 Å². The van der Waals surface area contributed by atoms with E-state index in [4.69, 9.17) is 5.11 Å². The fourth-order valence-corrected chi connectivity index (χ4v) is 2.77. The summed E-state index contributed by atoms with van der Waals surface area (Å²) in [7, 11) is 0. The molecule has 0 aliphatic rings. The number of aliphatic carboxylic acids is 1. The third kappa shape index (κ3) is 10.4. The molecule has 0 saturated carbocycles. The molecule has 0 aromatic carbocycles. The van der Waals surface area contributed by atoms with Crippen LogP contribution in [0.3, 0.4) is 0 Å². The van der Waals surface area contributed by atoms with Crippen LogP contribution in [0.15, 0.2) is 0 Å². The van der Waals surface area contributed by atoms with Crippen molar-refractivity contribution in [3.05, 3.63) is 0 Å². The zero-order valence-corrected chi connectivity index (χ0v) is 23.0. The Morgan fingerprint density at radius 3 is 1.08 bits per heavy atom. The fourth-order valence-electron chi connectivity index (χ4n) is 2.77. The predicted octanol–water partition coefficient (Wildman–Crippen LogP) is -1.71. The number of carboxylic acids is 1. The summed E-state index contributed by atoms with van der Waals surface area (Å²) >= 11 is 0. The van der Waals surface area contributed by atoms with Crippen molar-refractivity contribution in [3.63, 3.8) is 0 Å². The van der Waals surface area contributed by atoms with Crippen molar-refractivity contribution in [3.8, 4) is 0 Å². The van der Waals surface area contributed by atoms with Gasteiger partial charge in [-0.2, -0.15) is 0 Å². The molecule has 0 heterocycles. The molecule has 0 fully saturated rings. The van der Waals surface area contributed by atoms with E-state index in [1.54, 1.807) is 0 Å². The van der Waals surface area contributed by atoms with E-state index in [0.717, 1.165) is 0 Å². The quantitative estimate of drug-likeness (QED) is 0.155. The van der Waals surface area contributed by atoms with E-state index in [2.05, 4.69) is 31.9 Å². The van der Waals surface area contributed by atoms with Gasteiger partial charge in [0.25, 0.3) is 0 Å². The Labute approximate surface area is 216 Å². The largest absolute Gasteiger partial charge is 0.480 e. The molecular formula is C23H40N6O8. The van der Waals surface area contributed by atoms with E-state index >= 15 is 0 Å². The van der Waals surface area contributed by atoms with Gasteiger partial charge in [-0.3, -0.25) is 33.6 Å². The van der Waals surface area contributed by atoms with Gasteiger partial charge < -0.3 is 37.0 Å². The molecule has 0 aromatic heterocycles. The molecule has 14 nitrogen and oxygen atoms in total. The Morgan fingerprint density at radius 1 is 0.541 bits per heavy atom. The van der Waals surface area contributed by atoms with Crippen molar-refractivity contribution in [2.75, 3.05) is 0 Å². The molecule has 0 rings (SSSR count). The van der Waals surface area contributed by atoms with Gasteiger partial charge in [0.05, 0.1) is 0 Å². The molecule has 0 aliphatic heterocycles. The lowest BCUT2D eigenvalue weighted by molar-refractivity contribution is -0.142. The summed E-state index contributed by atoms with van der Waals surface area (Å²) in [6, 6.07) is -3.35. The lowest BCUT2D eigenvalue weighted by atomic mass is 10.0. The zero-order valence-electron chi connectivity index (χ0n) is 23.0. The van der Waals surface area contributed by atoms with Crippen LogP contribution >= 0.6 is 0 Å². The molecule has 0 aliphatic carbocycles. The maximum absolute atomic E-state index is 12.8. The average molecular weight is 529 g/mol. The summed E-state index contributed by atoms with van der Waals surface area (Å²) in [4.78, 5) is 84.9. The summed E-state index contributed by atoms with van der Waals surface area (Å²) in [5.41, 5.74) is -4.25. The van der Waals surface area contributed by atoms with Crippen molar-refractivity contribution < 1.29 is 38.7 Å². The normalized spacial score (nSPS) is 14.2. The molecule has 0 aromatic rings. The first-order valence-corrected chi connectivity index (χ1v) is 11.6. The monoisotopic (exact) mass is 528 g/mol. The van der Waals surface area contributed by atoms with Crippen LogP contribution in [0.1, 0.15) is 69.2 Å². The van der Waals surface area contributed by atoms with Crippen LogP contribution in [0.4, 0.5) is 0 Å². The van der Waals surface area contributed by atoms with Crippen LogP contribution < -0.4 is 31.9 Å². The number of carboxylic acid groups (broad SMARTS) is 1. The highest BCUT2D eigenvalue weighted by atomic mass is 16.4. The molecule has 37 heavy (non-hydrogen) atoms. The highest BCUT2D eigenvalue weighted by molar-refractivity contribution is 5.98. The molecule has 6 amide bonds. The summed E-state index contributed by atoms with van der Waals surface area (Å²) in [6.07, 6.45) is 0. The maximum Gasteiger partial charge on any atom is 0.325 e. The van der Waals surface area contributed by atoms with Gasteiger partial charge in [0.2, 0.25) is 35.4 Å². The van der Waals surface area contributed by atoms with E-state index in [-0.39, 0.29) is 0 Å². The second-order valence-electron chi connectivity index (χ2n) is 10.5. The minimum absolute atomic E-state index is 0.424.